The third-order valence-electron chi connectivity index (χ3n) is 3.85. The van der Waals surface area contributed by atoms with Crippen LogP contribution in [0.3, 0.4) is 0 Å². The summed E-state index contributed by atoms with van der Waals surface area (Å²) in [5.74, 6) is -0.171. The average Bonchev–Trinajstić information content (AvgIpc) is 3.22. The molecule has 0 aliphatic heterocycles. The summed E-state index contributed by atoms with van der Waals surface area (Å²) in [6.45, 7) is 4.01. The molecule has 3 N–H and O–H groups in total. The highest BCUT2D eigenvalue weighted by Crippen LogP contribution is 2.17. The van der Waals surface area contributed by atoms with Crippen LogP contribution in [0.1, 0.15) is 33.1 Å². The van der Waals surface area contributed by atoms with Crippen molar-refractivity contribution in [3.8, 4) is 0 Å². The fourth-order valence-electron chi connectivity index (χ4n) is 2.48. The minimum atomic E-state index is -0.384. The van der Waals surface area contributed by atoms with Crippen LogP contribution in [0.2, 0.25) is 0 Å². The number of benzene rings is 1. The molecule has 0 spiro atoms. The van der Waals surface area contributed by atoms with Crippen molar-refractivity contribution >= 4 is 28.9 Å². The number of carbonyl (C=O) groups excluding carboxylic acids is 1. The van der Waals surface area contributed by atoms with Gasteiger partial charge in [0.2, 0.25) is 0 Å². The highest BCUT2D eigenvalue weighted by Gasteiger charge is 2.11. The Hall–Kier alpha value is -2.93. The monoisotopic (exact) mass is 354 g/mol. The maximum absolute atomic E-state index is 11.9. The Labute approximate surface area is 150 Å². The quantitative estimate of drug-likeness (QED) is 0.626. The molecule has 1 amide bonds. The Morgan fingerprint density at radius 3 is 2.60 bits per heavy atom. The van der Waals surface area contributed by atoms with Gasteiger partial charge >= 0.3 is 0 Å². The number of nitrogens with one attached hydrogen (secondary N) is 3. The molecule has 0 saturated carbocycles. The number of hydrogen-bond donors (Lipinski definition) is 3. The number of hydrogen-bond acceptors (Lipinski definition) is 4. The summed E-state index contributed by atoms with van der Waals surface area (Å²) in [7, 11) is 0. The molecule has 0 fully saturated rings. The maximum atomic E-state index is 11.9. The lowest BCUT2D eigenvalue weighted by Crippen LogP contribution is -2.33. The lowest BCUT2D eigenvalue weighted by atomic mass is 10.0. The predicted molar refractivity (Wildman–Crippen MR) is 99.7 cm³/mol. The Morgan fingerprint density at radius 1 is 1.24 bits per heavy atom. The first-order chi connectivity index (χ1) is 12.0. The molecule has 3 aromatic rings. The molecule has 1 aromatic carbocycles. The van der Waals surface area contributed by atoms with E-state index in [1.54, 1.807) is 12.1 Å². The number of aryl methyl sites for hydroxylation is 2. The molecule has 2 aromatic heterocycles. The number of rotatable bonds is 4. The summed E-state index contributed by atoms with van der Waals surface area (Å²) in [5, 5.41) is 13.0. The number of furan rings is 1. The third-order valence-corrected chi connectivity index (χ3v) is 4.05. The van der Waals surface area contributed by atoms with Crippen LogP contribution in [-0.2, 0) is 6.42 Å². The molecule has 25 heavy (non-hydrogen) atoms. The van der Waals surface area contributed by atoms with Crippen LogP contribution in [0.4, 0.5) is 5.69 Å². The van der Waals surface area contributed by atoms with Crippen molar-refractivity contribution in [3.05, 3.63) is 70.9 Å². The number of amides is 1. The van der Waals surface area contributed by atoms with Crippen molar-refractivity contribution < 1.29 is 9.21 Å². The Bertz CT molecular complexity index is 863. The Morgan fingerprint density at radius 2 is 2.00 bits per heavy atom. The molecule has 2 heterocycles. The zero-order valence-corrected chi connectivity index (χ0v) is 14.7. The van der Waals surface area contributed by atoms with Crippen molar-refractivity contribution in [2.75, 3.05) is 5.32 Å². The van der Waals surface area contributed by atoms with Crippen LogP contribution in [0.25, 0.3) is 0 Å². The topological polar surface area (TPSA) is 83.0 Å². The van der Waals surface area contributed by atoms with E-state index >= 15 is 0 Å². The molecular weight excluding hydrogens is 336 g/mol. The normalized spacial score (nSPS) is 10.5. The SMILES string of the molecule is Cc1n[nH]c(C)c1Cc1ccc(NC(=S)NC(=O)c2ccco2)cc1. The van der Waals surface area contributed by atoms with Crippen LogP contribution in [0.15, 0.2) is 47.1 Å². The summed E-state index contributed by atoms with van der Waals surface area (Å²) in [5.41, 5.74) is 5.28. The number of anilines is 1. The van der Waals surface area contributed by atoms with E-state index in [4.69, 9.17) is 16.6 Å². The third kappa shape index (κ3) is 4.13. The van der Waals surface area contributed by atoms with Gasteiger partial charge in [0, 0.05) is 23.4 Å². The molecule has 7 heteroatoms. The van der Waals surface area contributed by atoms with Gasteiger partial charge in [0.1, 0.15) is 0 Å². The van der Waals surface area contributed by atoms with E-state index < -0.39 is 0 Å². The summed E-state index contributed by atoms with van der Waals surface area (Å²) in [6, 6.07) is 11.1. The number of carbonyl (C=O) groups is 1. The minimum Gasteiger partial charge on any atom is -0.459 e. The van der Waals surface area contributed by atoms with Gasteiger partial charge in [-0.2, -0.15) is 5.10 Å². The summed E-state index contributed by atoms with van der Waals surface area (Å²) in [4.78, 5) is 11.9. The van der Waals surface area contributed by atoms with E-state index in [0.717, 1.165) is 23.5 Å². The van der Waals surface area contributed by atoms with E-state index in [0.29, 0.717) is 0 Å². The first kappa shape index (κ1) is 16.9. The van der Waals surface area contributed by atoms with E-state index in [1.807, 2.05) is 38.1 Å². The van der Waals surface area contributed by atoms with Crippen LogP contribution >= 0.6 is 12.2 Å². The zero-order valence-electron chi connectivity index (χ0n) is 13.9. The van der Waals surface area contributed by atoms with E-state index in [-0.39, 0.29) is 16.8 Å². The van der Waals surface area contributed by atoms with Gasteiger partial charge in [0.15, 0.2) is 10.9 Å². The molecule has 0 unspecified atom stereocenters. The number of thiocarbonyl (C=S) groups is 1. The van der Waals surface area contributed by atoms with Crippen LogP contribution < -0.4 is 10.6 Å². The van der Waals surface area contributed by atoms with Crippen molar-refractivity contribution in [2.45, 2.75) is 20.3 Å². The highest BCUT2D eigenvalue weighted by atomic mass is 32.1. The fourth-order valence-corrected chi connectivity index (χ4v) is 2.69. The van der Waals surface area contributed by atoms with Crippen LogP contribution in [0.5, 0.6) is 0 Å². The first-order valence-electron chi connectivity index (χ1n) is 7.78. The highest BCUT2D eigenvalue weighted by molar-refractivity contribution is 7.80. The number of H-pyrrole nitrogens is 1. The molecule has 128 valence electrons. The molecule has 3 rings (SSSR count). The van der Waals surface area contributed by atoms with Crippen LogP contribution in [-0.4, -0.2) is 21.2 Å². The van der Waals surface area contributed by atoms with Crippen molar-refractivity contribution in [2.24, 2.45) is 0 Å². The molecule has 0 saturated heterocycles. The van der Waals surface area contributed by atoms with Gasteiger partial charge in [-0.25, -0.2) is 0 Å². The molecule has 0 aliphatic rings. The predicted octanol–water partition coefficient (Wildman–Crippen LogP) is 3.34. The zero-order chi connectivity index (χ0) is 17.8. The summed E-state index contributed by atoms with van der Waals surface area (Å²) < 4.78 is 5.02. The first-order valence-corrected chi connectivity index (χ1v) is 8.19. The van der Waals surface area contributed by atoms with Gasteiger partial charge in [-0.05, 0) is 55.9 Å². The smallest absolute Gasteiger partial charge is 0.293 e. The van der Waals surface area contributed by atoms with E-state index in [9.17, 15) is 4.79 Å². The lowest BCUT2D eigenvalue weighted by Gasteiger charge is -2.09. The Kier molecular flexibility index (Phi) is 4.95. The van der Waals surface area contributed by atoms with Crippen molar-refractivity contribution in [3.63, 3.8) is 0 Å². The summed E-state index contributed by atoms with van der Waals surface area (Å²) >= 11 is 5.15. The van der Waals surface area contributed by atoms with Gasteiger partial charge in [-0.15, -0.1) is 0 Å². The van der Waals surface area contributed by atoms with E-state index in [2.05, 4.69) is 20.8 Å². The van der Waals surface area contributed by atoms with Crippen molar-refractivity contribution in [1.29, 1.82) is 0 Å². The number of aromatic nitrogens is 2. The van der Waals surface area contributed by atoms with Gasteiger partial charge in [-0.1, -0.05) is 12.1 Å². The molecule has 6 nitrogen and oxygen atoms in total. The van der Waals surface area contributed by atoms with Crippen LogP contribution in [0, 0.1) is 13.8 Å². The van der Waals surface area contributed by atoms with Gasteiger partial charge < -0.3 is 9.73 Å². The average molecular weight is 354 g/mol. The Balaban J connectivity index is 1.59. The molecule has 0 radical (unpaired) electrons. The molecule has 0 aliphatic carbocycles. The maximum Gasteiger partial charge on any atom is 0.293 e. The minimum absolute atomic E-state index is 0.213. The number of nitrogens with zero attached hydrogens (tertiary/aromatic N) is 1. The summed E-state index contributed by atoms with van der Waals surface area (Å²) in [6.07, 6.45) is 2.25. The molecule has 0 bridgehead atoms. The second-order valence-corrected chi connectivity index (χ2v) is 6.08. The van der Waals surface area contributed by atoms with Gasteiger partial charge in [0.25, 0.3) is 5.91 Å². The van der Waals surface area contributed by atoms with Crippen molar-refractivity contribution in [1.82, 2.24) is 15.5 Å². The second kappa shape index (κ2) is 7.31. The molecule has 0 atom stereocenters. The largest absolute Gasteiger partial charge is 0.459 e. The molecular formula is C18H18N4O2S. The fraction of sp³-hybridized carbons (Fsp3) is 0.167. The lowest BCUT2D eigenvalue weighted by molar-refractivity contribution is 0.0950. The standard InChI is InChI=1S/C18H18N4O2S/c1-11-15(12(2)22-21-11)10-13-5-7-14(8-6-13)19-18(25)20-17(23)16-4-3-9-24-16/h3-9H,10H2,1-2H3,(H,21,22)(H2,19,20,23,25). The second-order valence-electron chi connectivity index (χ2n) is 5.67. The van der Waals surface area contributed by atoms with E-state index in [1.165, 1.54) is 17.4 Å². The van der Waals surface area contributed by atoms with Gasteiger partial charge in [-0.3, -0.25) is 15.2 Å². The number of aromatic amines is 1. The van der Waals surface area contributed by atoms with Gasteiger partial charge in [0.05, 0.1) is 12.0 Å².